The highest BCUT2D eigenvalue weighted by molar-refractivity contribution is 7.14. The smallest absolute Gasteiger partial charge is 0.360 e. The largest absolute Gasteiger partial charge is 0.461 e. The minimum absolute atomic E-state index is 0.0649. The number of aromatic nitrogens is 3. The zero-order valence-corrected chi connectivity index (χ0v) is 17.3. The quantitative estimate of drug-likeness (QED) is 0.465. The number of benzene rings is 1. The molecule has 0 aliphatic carbocycles. The first-order valence-electron chi connectivity index (χ1n) is 9.45. The van der Waals surface area contributed by atoms with Gasteiger partial charge in [-0.15, -0.1) is 11.3 Å². The molecule has 0 radical (unpaired) electrons. The van der Waals surface area contributed by atoms with Gasteiger partial charge in [-0.2, -0.15) is 5.26 Å². The normalized spacial score (nSPS) is 10.6. The monoisotopic (exact) mass is 431 g/mol. The lowest BCUT2D eigenvalue weighted by atomic mass is 10.1. The van der Waals surface area contributed by atoms with Crippen molar-refractivity contribution in [2.45, 2.75) is 13.5 Å². The second kappa shape index (κ2) is 8.77. The number of fused-ring (bicyclic) bond motifs is 1. The molecule has 9 heteroatoms. The molecule has 0 fully saturated rings. The van der Waals surface area contributed by atoms with E-state index in [-0.39, 0.29) is 12.3 Å². The van der Waals surface area contributed by atoms with Crippen LogP contribution < -0.4 is 5.32 Å². The van der Waals surface area contributed by atoms with Crippen LogP contribution in [0.2, 0.25) is 0 Å². The van der Waals surface area contributed by atoms with Crippen molar-refractivity contribution in [2.24, 2.45) is 0 Å². The molecule has 0 aliphatic heterocycles. The Bertz CT molecular complexity index is 1300. The Labute approximate surface area is 181 Å². The molecular weight excluding hydrogens is 414 g/mol. The van der Waals surface area contributed by atoms with E-state index in [9.17, 15) is 14.9 Å². The van der Waals surface area contributed by atoms with Gasteiger partial charge < -0.3 is 14.6 Å². The zero-order chi connectivity index (χ0) is 21.8. The maximum Gasteiger partial charge on any atom is 0.360 e. The Morgan fingerprint density at radius 3 is 2.87 bits per heavy atom. The van der Waals surface area contributed by atoms with Crippen molar-refractivity contribution in [3.05, 3.63) is 76.8 Å². The average Bonchev–Trinajstić information content (AvgIpc) is 3.39. The zero-order valence-electron chi connectivity index (χ0n) is 16.5. The molecule has 3 heterocycles. The van der Waals surface area contributed by atoms with Gasteiger partial charge in [0.15, 0.2) is 5.69 Å². The summed E-state index contributed by atoms with van der Waals surface area (Å²) in [5.74, 6) is -1.00. The maximum atomic E-state index is 13.1. The molecule has 31 heavy (non-hydrogen) atoms. The van der Waals surface area contributed by atoms with E-state index in [1.54, 1.807) is 31.5 Å². The van der Waals surface area contributed by atoms with Gasteiger partial charge in [0.05, 0.1) is 41.6 Å². The molecule has 0 aliphatic rings. The summed E-state index contributed by atoms with van der Waals surface area (Å²) in [6, 6.07) is 12.9. The number of hydrogen-bond acceptors (Lipinski definition) is 7. The van der Waals surface area contributed by atoms with E-state index in [1.807, 2.05) is 28.8 Å². The first-order chi connectivity index (χ1) is 15.1. The molecule has 4 aromatic rings. The van der Waals surface area contributed by atoms with Crippen LogP contribution in [0.25, 0.3) is 10.9 Å². The number of anilines is 1. The summed E-state index contributed by atoms with van der Waals surface area (Å²) < 4.78 is 6.90. The second-order valence-electron chi connectivity index (χ2n) is 6.54. The van der Waals surface area contributed by atoms with Gasteiger partial charge in [-0.3, -0.25) is 9.78 Å². The number of hydrogen-bond donors (Lipinski definition) is 1. The van der Waals surface area contributed by atoms with Gasteiger partial charge in [-0.25, -0.2) is 9.78 Å². The van der Waals surface area contributed by atoms with Gasteiger partial charge in [-0.1, -0.05) is 6.07 Å². The highest BCUT2D eigenvalue weighted by atomic mass is 32.1. The van der Waals surface area contributed by atoms with Crippen LogP contribution in [-0.2, 0) is 11.3 Å². The Kier molecular flexibility index (Phi) is 5.73. The maximum absolute atomic E-state index is 13.1. The van der Waals surface area contributed by atoms with Crippen molar-refractivity contribution in [1.82, 2.24) is 14.5 Å². The number of carbonyl (C=O) groups is 2. The molecule has 1 amide bonds. The van der Waals surface area contributed by atoms with E-state index in [1.165, 1.54) is 5.51 Å². The summed E-state index contributed by atoms with van der Waals surface area (Å²) in [7, 11) is 0. The van der Waals surface area contributed by atoms with Gasteiger partial charge >= 0.3 is 5.97 Å². The number of carbonyl (C=O) groups excluding carboxylic acids is 2. The van der Waals surface area contributed by atoms with Crippen molar-refractivity contribution < 1.29 is 14.3 Å². The summed E-state index contributed by atoms with van der Waals surface area (Å²) >= 11 is 1.14. The number of rotatable bonds is 6. The highest BCUT2D eigenvalue weighted by Gasteiger charge is 2.21. The number of nitriles is 1. The van der Waals surface area contributed by atoms with Crippen LogP contribution in [-0.4, -0.2) is 33.0 Å². The molecule has 8 nitrogen and oxygen atoms in total. The van der Waals surface area contributed by atoms with E-state index in [0.29, 0.717) is 28.1 Å². The lowest BCUT2D eigenvalue weighted by molar-refractivity contribution is 0.0521. The van der Waals surface area contributed by atoms with Crippen molar-refractivity contribution >= 4 is 39.1 Å². The van der Waals surface area contributed by atoms with Crippen LogP contribution in [0.15, 0.2) is 54.3 Å². The third-order valence-corrected chi connectivity index (χ3v) is 5.32. The van der Waals surface area contributed by atoms with Crippen molar-refractivity contribution in [2.75, 3.05) is 11.9 Å². The van der Waals surface area contributed by atoms with Crippen LogP contribution in [0.5, 0.6) is 0 Å². The number of thiazole rings is 1. The van der Waals surface area contributed by atoms with E-state index >= 15 is 0 Å². The second-order valence-corrected chi connectivity index (χ2v) is 7.39. The lowest BCUT2D eigenvalue weighted by Gasteiger charge is -2.04. The van der Waals surface area contributed by atoms with Gasteiger partial charge in [-0.05, 0) is 37.3 Å². The molecular formula is C22H17N5O3S. The molecule has 3 aromatic heterocycles. The Balaban J connectivity index is 1.71. The lowest BCUT2D eigenvalue weighted by Crippen LogP contribution is -2.14. The summed E-state index contributed by atoms with van der Waals surface area (Å²) in [4.78, 5) is 33.6. The number of ether oxygens (including phenoxy) is 1. The minimum Gasteiger partial charge on any atom is -0.461 e. The minimum atomic E-state index is -0.594. The Hall–Kier alpha value is -4.03. The molecule has 1 N–H and O–H groups in total. The van der Waals surface area contributed by atoms with E-state index in [0.717, 1.165) is 22.5 Å². The fourth-order valence-corrected chi connectivity index (χ4v) is 3.86. The fraction of sp³-hybridized carbons (Fsp3) is 0.136. The number of amides is 1. The van der Waals surface area contributed by atoms with Crippen LogP contribution in [0, 0.1) is 11.3 Å². The summed E-state index contributed by atoms with van der Waals surface area (Å²) in [5.41, 5.74) is 4.00. The average molecular weight is 431 g/mol. The molecule has 0 spiro atoms. The number of nitrogens with zero attached hydrogens (tertiary/aromatic N) is 4. The van der Waals surface area contributed by atoms with Crippen molar-refractivity contribution in [3.8, 4) is 6.07 Å². The molecule has 1 aromatic carbocycles. The fourth-order valence-electron chi connectivity index (χ4n) is 3.19. The third-order valence-electron chi connectivity index (χ3n) is 4.58. The third kappa shape index (κ3) is 4.15. The van der Waals surface area contributed by atoms with Gasteiger partial charge in [0.2, 0.25) is 0 Å². The molecule has 0 saturated carbocycles. The number of nitrogens with one attached hydrogen (secondary N) is 1. The molecule has 0 bridgehead atoms. The standard InChI is InChI=1S/C22H17N5O3S/c1-2-30-22(29)19-21(31-13-25-19)26-20(28)17-12-27(11-15-5-3-4-8-24-15)18-7-6-14(10-23)9-16(17)18/h3-9,12-13H,2,11H2,1H3,(H,26,28). The van der Waals surface area contributed by atoms with E-state index in [2.05, 4.69) is 21.4 Å². The first-order valence-corrected chi connectivity index (χ1v) is 10.3. The molecule has 0 saturated heterocycles. The van der Waals surface area contributed by atoms with Gasteiger partial charge in [0, 0.05) is 23.3 Å². The van der Waals surface area contributed by atoms with Crippen LogP contribution in [0.4, 0.5) is 5.00 Å². The topological polar surface area (TPSA) is 110 Å². The predicted octanol–water partition coefficient (Wildman–Crippen LogP) is 3.84. The Morgan fingerprint density at radius 1 is 1.26 bits per heavy atom. The van der Waals surface area contributed by atoms with Crippen LogP contribution in [0.1, 0.15) is 39.0 Å². The van der Waals surface area contributed by atoms with Crippen LogP contribution in [0.3, 0.4) is 0 Å². The number of esters is 1. The SMILES string of the molecule is CCOC(=O)c1ncsc1NC(=O)c1cn(Cc2ccccn2)c2ccc(C#N)cc12. The first kappa shape index (κ1) is 20.3. The predicted molar refractivity (Wildman–Crippen MR) is 116 cm³/mol. The number of pyridine rings is 1. The van der Waals surface area contributed by atoms with Crippen molar-refractivity contribution in [1.29, 1.82) is 5.26 Å². The molecule has 4 rings (SSSR count). The van der Waals surface area contributed by atoms with E-state index in [4.69, 9.17) is 4.74 Å². The molecule has 154 valence electrons. The van der Waals surface area contributed by atoms with Crippen LogP contribution >= 0.6 is 11.3 Å². The molecule has 0 atom stereocenters. The van der Waals surface area contributed by atoms with E-state index < -0.39 is 11.9 Å². The Morgan fingerprint density at radius 2 is 2.13 bits per heavy atom. The summed E-state index contributed by atoms with van der Waals surface area (Å²) in [6.45, 7) is 2.37. The summed E-state index contributed by atoms with van der Waals surface area (Å²) in [6.07, 6.45) is 3.43. The highest BCUT2D eigenvalue weighted by Crippen LogP contribution is 2.27. The van der Waals surface area contributed by atoms with Gasteiger partial charge in [0.25, 0.3) is 5.91 Å². The van der Waals surface area contributed by atoms with Gasteiger partial charge in [0.1, 0.15) is 5.00 Å². The summed E-state index contributed by atoms with van der Waals surface area (Å²) in [5, 5.41) is 13.0. The van der Waals surface area contributed by atoms with Crippen molar-refractivity contribution in [3.63, 3.8) is 0 Å². The molecule has 0 unspecified atom stereocenters.